The summed E-state index contributed by atoms with van der Waals surface area (Å²) >= 11 is 0. The van der Waals surface area contributed by atoms with E-state index < -0.39 is 0 Å². The maximum Gasteiger partial charge on any atom is 0.252 e. The maximum absolute atomic E-state index is 12.7. The van der Waals surface area contributed by atoms with Crippen LogP contribution in [0, 0.1) is 0 Å². The maximum atomic E-state index is 12.7. The summed E-state index contributed by atoms with van der Waals surface area (Å²) in [6.45, 7) is 0. The van der Waals surface area contributed by atoms with E-state index in [2.05, 4.69) is 5.32 Å². The standard InChI is InChI=1S/C21H20N2O3/c1-25-19-10-7-13(11-20(19)26-2)18-12-16(21(24)22-14-8-9-14)15-5-3-4-6-17(15)23-18/h3-7,10-12,14H,8-9H2,1-2H3,(H,22,24). The second-order valence-electron chi connectivity index (χ2n) is 6.39. The number of nitrogens with one attached hydrogen (secondary N) is 1. The Balaban J connectivity index is 1.84. The molecule has 0 spiro atoms. The molecule has 0 aliphatic heterocycles. The van der Waals surface area contributed by atoms with Crippen LogP contribution in [0.1, 0.15) is 23.2 Å². The van der Waals surface area contributed by atoms with E-state index in [1.807, 2.05) is 48.5 Å². The molecule has 0 unspecified atom stereocenters. The van der Waals surface area contributed by atoms with Gasteiger partial charge in [-0.15, -0.1) is 0 Å². The molecule has 5 nitrogen and oxygen atoms in total. The minimum atomic E-state index is -0.0483. The number of amides is 1. The van der Waals surface area contributed by atoms with Gasteiger partial charge in [0.15, 0.2) is 11.5 Å². The average Bonchev–Trinajstić information content (AvgIpc) is 3.50. The molecular weight excluding hydrogens is 328 g/mol. The summed E-state index contributed by atoms with van der Waals surface area (Å²) in [5.41, 5.74) is 3.03. The molecule has 0 radical (unpaired) electrons. The first kappa shape index (κ1) is 16.4. The van der Waals surface area contributed by atoms with Crippen LogP contribution in [0.15, 0.2) is 48.5 Å². The van der Waals surface area contributed by atoms with E-state index in [1.165, 1.54) is 0 Å². The predicted molar refractivity (Wildman–Crippen MR) is 101 cm³/mol. The lowest BCUT2D eigenvalue weighted by Crippen LogP contribution is -2.25. The van der Waals surface area contributed by atoms with Gasteiger partial charge in [0.1, 0.15) is 0 Å². The summed E-state index contributed by atoms with van der Waals surface area (Å²) in [6.07, 6.45) is 2.11. The predicted octanol–water partition coefficient (Wildman–Crippen LogP) is 3.81. The van der Waals surface area contributed by atoms with Crippen LogP contribution in [-0.4, -0.2) is 31.2 Å². The van der Waals surface area contributed by atoms with Crippen LogP contribution in [0.25, 0.3) is 22.2 Å². The van der Waals surface area contributed by atoms with E-state index in [-0.39, 0.29) is 5.91 Å². The molecule has 26 heavy (non-hydrogen) atoms. The second-order valence-corrected chi connectivity index (χ2v) is 6.39. The number of rotatable bonds is 5. The van der Waals surface area contributed by atoms with Crippen molar-refractivity contribution in [2.45, 2.75) is 18.9 Å². The summed E-state index contributed by atoms with van der Waals surface area (Å²) in [5, 5.41) is 3.93. The molecule has 1 aliphatic rings. The van der Waals surface area contributed by atoms with Crippen LogP contribution in [0.3, 0.4) is 0 Å². The van der Waals surface area contributed by atoms with Crippen molar-refractivity contribution in [1.29, 1.82) is 0 Å². The van der Waals surface area contributed by atoms with Gasteiger partial charge in [0.05, 0.1) is 31.0 Å². The number of benzene rings is 2. The van der Waals surface area contributed by atoms with Gasteiger partial charge >= 0.3 is 0 Å². The third kappa shape index (κ3) is 3.08. The Morgan fingerprint density at radius 3 is 2.54 bits per heavy atom. The number of ether oxygens (including phenoxy) is 2. The van der Waals surface area contributed by atoms with Crippen molar-refractivity contribution in [2.24, 2.45) is 0 Å². The van der Waals surface area contributed by atoms with Gasteiger partial charge in [0, 0.05) is 17.0 Å². The smallest absolute Gasteiger partial charge is 0.252 e. The van der Waals surface area contributed by atoms with Gasteiger partial charge in [-0.1, -0.05) is 18.2 Å². The number of fused-ring (bicyclic) bond motifs is 1. The Morgan fingerprint density at radius 2 is 1.81 bits per heavy atom. The van der Waals surface area contributed by atoms with Gasteiger partial charge in [-0.05, 0) is 43.2 Å². The van der Waals surface area contributed by atoms with Crippen LogP contribution in [0.5, 0.6) is 11.5 Å². The lowest BCUT2D eigenvalue weighted by Gasteiger charge is -2.12. The van der Waals surface area contributed by atoms with Crippen molar-refractivity contribution in [3.63, 3.8) is 0 Å². The quantitative estimate of drug-likeness (QED) is 0.762. The van der Waals surface area contributed by atoms with Crippen LogP contribution < -0.4 is 14.8 Å². The third-order valence-electron chi connectivity index (χ3n) is 4.55. The number of aromatic nitrogens is 1. The van der Waals surface area contributed by atoms with E-state index in [0.717, 1.165) is 35.0 Å². The number of carbonyl (C=O) groups is 1. The molecule has 5 heteroatoms. The lowest BCUT2D eigenvalue weighted by atomic mass is 10.0. The summed E-state index contributed by atoms with van der Waals surface area (Å²) in [4.78, 5) is 17.5. The second kappa shape index (κ2) is 6.67. The fourth-order valence-electron chi connectivity index (χ4n) is 3.00. The highest BCUT2D eigenvalue weighted by Gasteiger charge is 2.25. The molecule has 4 rings (SSSR count). The van der Waals surface area contributed by atoms with Gasteiger partial charge in [0.2, 0.25) is 0 Å². The van der Waals surface area contributed by atoms with Crippen LogP contribution in [-0.2, 0) is 0 Å². The highest BCUT2D eigenvalue weighted by molar-refractivity contribution is 6.07. The zero-order valence-electron chi connectivity index (χ0n) is 14.8. The first-order valence-corrected chi connectivity index (χ1v) is 8.62. The highest BCUT2D eigenvalue weighted by atomic mass is 16.5. The van der Waals surface area contributed by atoms with Crippen molar-refractivity contribution in [3.05, 3.63) is 54.1 Å². The molecule has 132 valence electrons. The minimum absolute atomic E-state index is 0.0483. The average molecular weight is 348 g/mol. The molecule has 1 saturated carbocycles. The normalized spacial score (nSPS) is 13.5. The molecule has 0 saturated heterocycles. The Labute approximate surface area is 152 Å². The first-order chi connectivity index (χ1) is 12.7. The van der Waals surface area contributed by atoms with E-state index in [9.17, 15) is 4.79 Å². The summed E-state index contributed by atoms with van der Waals surface area (Å²) in [5.74, 6) is 1.24. The summed E-state index contributed by atoms with van der Waals surface area (Å²) in [7, 11) is 3.20. The fraction of sp³-hybridized carbons (Fsp3) is 0.238. The van der Waals surface area contributed by atoms with Crippen molar-refractivity contribution in [1.82, 2.24) is 10.3 Å². The van der Waals surface area contributed by atoms with E-state index in [1.54, 1.807) is 14.2 Å². The van der Waals surface area contributed by atoms with Crippen molar-refractivity contribution < 1.29 is 14.3 Å². The van der Waals surface area contributed by atoms with Gasteiger partial charge in [-0.25, -0.2) is 4.98 Å². The number of carbonyl (C=O) groups excluding carboxylic acids is 1. The molecule has 1 amide bonds. The van der Waals surface area contributed by atoms with Gasteiger partial charge in [-0.3, -0.25) is 4.79 Å². The number of para-hydroxylation sites is 1. The van der Waals surface area contributed by atoms with Crippen molar-refractivity contribution >= 4 is 16.8 Å². The van der Waals surface area contributed by atoms with Crippen LogP contribution >= 0.6 is 0 Å². The Morgan fingerprint density at radius 1 is 1.04 bits per heavy atom. The minimum Gasteiger partial charge on any atom is -0.493 e. The zero-order chi connectivity index (χ0) is 18.1. The number of nitrogens with zero attached hydrogens (tertiary/aromatic N) is 1. The Bertz CT molecular complexity index is 980. The monoisotopic (exact) mass is 348 g/mol. The Hall–Kier alpha value is -3.08. The Kier molecular flexibility index (Phi) is 4.21. The van der Waals surface area contributed by atoms with Crippen LogP contribution in [0.4, 0.5) is 0 Å². The van der Waals surface area contributed by atoms with Gasteiger partial charge in [-0.2, -0.15) is 0 Å². The molecule has 1 fully saturated rings. The van der Waals surface area contributed by atoms with Gasteiger partial charge in [0.25, 0.3) is 5.91 Å². The largest absolute Gasteiger partial charge is 0.493 e. The topological polar surface area (TPSA) is 60.5 Å². The molecule has 3 aromatic rings. The molecule has 1 aromatic heterocycles. The van der Waals surface area contributed by atoms with E-state index in [4.69, 9.17) is 14.5 Å². The highest BCUT2D eigenvalue weighted by Crippen LogP contribution is 2.33. The number of methoxy groups -OCH3 is 2. The number of pyridine rings is 1. The number of hydrogen-bond acceptors (Lipinski definition) is 4. The van der Waals surface area contributed by atoms with Crippen molar-refractivity contribution in [3.8, 4) is 22.8 Å². The summed E-state index contributed by atoms with van der Waals surface area (Å²) < 4.78 is 10.7. The molecular formula is C21H20N2O3. The third-order valence-corrected chi connectivity index (χ3v) is 4.55. The molecule has 2 aromatic carbocycles. The molecule has 0 atom stereocenters. The number of hydrogen-bond donors (Lipinski definition) is 1. The first-order valence-electron chi connectivity index (χ1n) is 8.62. The van der Waals surface area contributed by atoms with Crippen LogP contribution in [0.2, 0.25) is 0 Å². The zero-order valence-corrected chi connectivity index (χ0v) is 14.8. The molecule has 1 aliphatic carbocycles. The summed E-state index contributed by atoms with van der Waals surface area (Å²) in [6, 6.07) is 15.5. The molecule has 1 heterocycles. The van der Waals surface area contributed by atoms with Gasteiger partial charge < -0.3 is 14.8 Å². The molecule has 0 bridgehead atoms. The molecule has 1 N–H and O–H groups in total. The van der Waals surface area contributed by atoms with E-state index >= 15 is 0 Å². The fourth-order valence-corrected chi connectivity index (χ4v) is 3.00. The van der Waals surface area contributed by atoms with Crippen molar-refractivity contribution in [2.75, 3.05) is 14.2 Å². The van der Waals surface area contributed by atoms with E-state index in [0.29, 0.717) is 23.1 Å². The SMILES string of the molecule is COc1ccc(-c2cc(C(=O)NC3CC3)c3ccccc3n2)cc1OC. The lowest BCUT2D eigenvalue weighted by molar-refractivity contribution is 0.0952.